The van der Waals surface area contributed by atoms with E-state index in [1.165, 1.54) is 22.9 Å². The highest BCUT2D eigenvalue weighted by atomic mass is 32.1. The molecule has 3 aromatic rings. The van der Waals surface area contributed by atoms with E-state index in [9.17, 15) is 0 Å². The van der Waals surface area contributed by atoms with Gasteiger partial charge in [-0.2, -0.15) is 0 Å². The maximum Gasteiger partial charge on any atom is 0.226 e. The molecule has 0 unspecified atom stereocenters. The summed E-state index contributed by atoms with van der Waals surface area (Å²) in [5.41, 5.74) is 0. The number of ether oxygens (including phenoxy) is 2. The van der Waals surface area contributed by atoms with E-state index in [1.54, 1.807) is 17.7 Å². The van der Waals surface area contributed by atoms with Gasteiger partial charge in [-0.05, 0) is 31.7 Å². The number of hydrogen-bond donors (Lipinski definition) is 0. The molecule has 5 rings (SSSR count). The first kappa shape index (κ1) is 16.4. The second-order valence-electron chi connectivity index (χ2n) is 7.15. The molecule has 0 N–H and O–H groups in total. The largest absolute Gasteiger partial charge is 0.474 e. The lowest BCUT2D eigenvalue weighted by molar-refractivity contribution is -0.00125. The molecule has 1 aliphatic heterocycles. The Balaban J connectivity index is 1.33. The van der Waals surface area contributed by atoms with Crippen LogP contribution in [0.5, 0.6) is 5.88 Å². The van der Waals surface area contributed by atoms with E-state index < -0.39 is 0 Å². The van der Waals surface area contributed by atoms with Crippen molar-refractivity contribution in [3.63, 3.8) is 0 Å². The summed E-state index contributed by atoms with van der Waals surface area (Å²) in [7, 11) is 0. The molecule has 3 heterocycles. The molecule has 26 heavy (non-hydrogen) atoms. The van der Waals surface area contributed by atoms with Crippen LogP contribution in [0.15, 0.2) is 30.6 Å². The molecule has 0 radical (unpaired) electrons. The van der Waals surface area contributed by atoms with Crippen molar-refractivity contribution in [2.24, 2.45) is 0 Å². The van der Waals surface area contributed by atoms with Gasteiger partial charge in [-0.1, -0.05) is 18.2 Å². The average Bonchev–Trinajstić information content (AvgIpc) is 3.09. The number of hydrogen-bond acceptors (Lipinski definition) is 6. The summed E-state index contributed by atoms with van der Waals surface area (Å²) in [6, 6.07) is 9.10. The fourth-order valence-corrected chi connectivity index (χ4v) is 5.28. The summed E-state index contributed by atoms with van der Waals surface area (Å²) in [5, 5.41) is 2.27. The molecule has 2 aromatic heterocycles. The predicted octanol–water partition coefficient (Wildman–Crippen LogP) is 3.87. The van der Waals surface area contributed by atoms with Crippen LogP contribution in [-0.2, 0) is 4.74 Å². The first-order valence-electron chi connectivity index (χ1n) is 9.49. The van der Waals surface area contributed by atoms with Crippen LogP contribution in [0.1, 0.15) is 25.7 Å². The molecule has 1 saturated carbocycles. The molecule has 2 aliphatic rings. The van der Waals surface area contributed by atoms with Crippen molar-refractivity contribution in [3.8, 4) is 5.88 Å². The van der Waals surface area contributed by atoms with E-state index in [-0.39, 0.29) is 6.10 Å². The lowest BCUT2D eigenvalue weighted by Crippen LogP contribution is -2.46. The fraction of sp³-hybridized carbons (Fsp3) is 0.500. The quantitative estimate of drug-likeness (QED) is 0.701. The lowest BCUT2D eigenvalue weighted by atomic mass is 9.91. The molecule has 1 aromatic carbocycles. The zero-order valence-electron chi connectivity index (χ0n) is 14.8. The molecule has 0 atom stereocenters. The minimum Gasteiger partial charge on any atom is -0.474 e. The van der Waals surface area contributed by atoms with Crippen LogP contribution in [0.25, 0.3) is 20.3 Å². The Bertz CT molecular complexity index is 898. The van der Waals surface area contributed by atoms with Crippen molar-refractivity contribution in [1.29, 1.82) is 0 Å². The van der Waals surface area contributed by atoms with Gasteiger partial charge >= 0.3 is 0 Å². The van der Waals surface area contributed by atoms with Gasteiger partial charge in [0.15, 0.2) is 0 Å². The van der Waals surface area contributed by atoms with Crippen LogP contribution in [0.3, 0.4) is 0 Å². The standard InChI is InChI=1S/C20H23N3O2S/c1-2-4-17-16(3-1)18-19(21-13-22-20(18)26-17)25-15-7-5-14(6-8-15)23-9-11-24-12-10-23/h1-4,13-15H,5-12H2/t14-,15-. The molecule has 0 amide bonds. The second-order valence-corrected chi connectivity index (χ2v) is 8.18. The van der Waals surface area contributed by atoms with E-state index in [1.807, 2.05) is 0 Å². The molecule has 0 spiro atoms. The summed E-state index contributed by atoms with van der Waals surface area (Å²) >= 11 is 1.71. The van der Waals surface area contributed by atoms with Crippen LogP contribution in [0, 0.1) is 0 Å². The summed E-state index contributed by atoms with van der Waals surface area (Å²) in [6.45, 7) is 3.90. The third kappa shape index (κ3) is 3.06. The minimum atomic E-state index is 0.254. The molecule has 136 valence electrons. The van der Waals surface area contributed by atoms with Gasteiger partial charge in [-0.15, -0.1) is 11.3 Å². The lowest BCUT2D eigenvalue weighted by Gasteiger charge is -2.38. The van der Waals surface area contributed by atoms with Gasteiger partial charge in [-0.3, -0.25) is 4.90 Å². The van der Waals surface area contributed by atoms with E-state index in [2.05, 4.69) is 39.1 Å². The van der Waals surface area contributed by atoms with Gasteiger partial charge in [0.05, 0.1) is 18.6 Å². The third-order valence-corrected chi connectivity index (χ3v) is 6.70. The molecule has 2 fully saturated rings. The van der Waals surface area contributed by atoms with E-state index >= 15 is 0 Å². The Morgan fingerprint density at radius 3 is 2.69 bits per heavy atom. The van der Waals surface area contributed by atoms with Gasteiger partial charge in [0.1, 0.15) is 17.3 Å². The zero-order valence-corrected chi connectivity index (χ0v) is 15.6. The van der Waals surface area contributed by atoms with E-state index in [4.69, 9.17) is 9.47 Å². The molecular formula is C20H23N3O2S. The number of fused-ring (bicyclic) bond motifs is 3. The highest BCUT2D eigenvalue weighted by molar-refractivity contribution is 7.25. The molecule has 1 aliphatic carbocycles. The van der Waals surface area contributed by atoms with Gasteiger partial charge in [-0.25, -0.2) is 9.97 Å². The third-order valence-electron chi connectivity index (χ3n) is 5.62. The Morgan fingerprint density at radius 1 is 1.04 bits per heavy atom. The number of aromatic nitrogens is 2. The van der Waals surface area contributed by atoms with Crippen LogP contribution in [0.4, 0.5) is 0 Å². The number of nitrogens with zero attached hydrogens (tertiary/aromatic N) is 3. The van der Waals surface area contributed by atoms with Gasteiger partial charge < -0.3 is 9.47 Å². The fourth-order valence-electron chi connectivity index (χ4n) is 4.25. The maximum absolute atomic E-state index is 6.38. The molecule has 0 bridgehead atoms. The highest BCUT2D eigenvalue weighted by Crippen LogP contribution is 2.38. The maximum atomic E-state index is 6.38. The van der Waals surface area contributed by atoms with Crippen molar-refractivity contribution < 1.29 is 9.47 Å². The van der Waals surface area contributed by atoms with Crippen molar-refractivity contribution in [1.82, 2.24) is 14.9 Å². The Hall–Kier alpha value is -1.76. The minimum absolute atomic E-state index is 0.254. The van der Waals surface area contributed by atoms with Crippen molar-refractivity contribution >= 4 is 31.6 Å². The summed E-state index contributed by atoms with van der Waals surface area (Å²) < 4.78 is 13.1. The Morgan fingerprint density at radius 2 is 1.85 bits per heavy atom. The number of morpholine rings is 1. The normalized spacial score (nSPS) is 24.9. The van der Waals surface area contributed by atoms with Gasteiger partial charge in [0.25, 0.3) is 0 Å². The topological polar surface area (TPSA) is 47.5 Å². The zero-order chi connectivity index (χ0) is 17.3. The smallest absolute Gasteiger partial charge is 0.226 e. The molecular weight excluding hydrogens is 346 g/mol. The SMILES string of the molecule is c1ccc2c(c1)sc1ncnc(O[C@H]3CC[C@H](N4CCOCC4)CC3)c12. The second kappa shape index (κ2) is 7.10. The van der Waals surface area contributed by atoms with Crippen LogP contribution < -0.4 is 4.74 Å². The predicted molar refractivity (Wildman–Crippen MR) is 104 cm³/mol. The first-order chi connectivity index (χ1) is 12.9. The summed E-state index contributed by atoms with van der Waals surface area (Å²) in [6.07, 6.45) is 6.47. The van der Waals surface area contributed by atoms with Gasteiger partial charge in [0.2, 0.25) is 5.88 Å². The summed E-state index contributed by atoms with van der Waals surface area (Å²) in [4.78, 5) is 12.5. The Kier molecular flexibility index (Phi) is 4.48. The first-order valence-corrected chi connectivity index (χ1v) is 10.3. The summed E-state index contributed by atoms with van der Waals surface area (Å²) in [5.74, 6) is 0.752. The highest BCUT2D eigenvalue weighted by Gasteiger charge is 2.28. The number of benzene rings is 1. The van der Waals surface area contributed by atoms with Crippen molar-refractivity contribution in [3.05, 3.63) is 30.6 Å². The van der Waals surface area contributed by atoms with Crippen molar-refractivity contribution in [2.45, 2.75) is 37.8 Å². The van der Waals surface area contributed by atoms with E-state index in [0.29, 0.717) is 6.04 Å². The number of rotatable bonds is 3. The molecule has 5 nitrogen and oxygen atoms in total. The number of thiophene rings is 1. The van der Waals surface area contributed by atoms with Crippen LogP contribution in [0.2, 0.25) is 0 Å². The van der Waals surface area contributed by atoms with Crippen molar-refractivity contribution in [2.75, 3.05) is 26.3 Å². The molecule has 6 heteroatoms. The van der Waals surface area contributed by atoms with E-state index in [0.717, 1.165) is 55.2 Å². The van der Waals surface area contributed by atoms with Gasteiger partial charge in [0, 0.05) is 29.2 Å². The monoisotopic (exact) mass is 369 g/mol. The Labute approximate surface area is 156 Å². The molecule has 1 saturated heterocycles. The van der Waals surface area contributed by atoms with Crippen LogP contribution >= 0.6 is 11.3 Å². The average molecular weight is 369 g/mol. The van der Waals surface area contributed by atoms with Crippen LogP contribution in [-0.4, -0.2) is 53.3 Å².